The topological polar surface area (TPSA) is 53.4 Å². The molecule has 1 amide bonds. The van der Waals surface area contributed by atoms with E-state index in [4.69, 9.17) is 5.11 Å². The number of hydrogen-bond acceptors (Lipinski definition) is 2. The summed E-state index contributed by atoms with van der Waals surface area (Å²) in [6.45, 7) is 3.13. The average molecular weight is 232 g/mol. The van der Waals surface area contributed by atoms with Crippen molar-refractivity contribution in [3.05, 3.63) is 35.7 Å². The fourth-order valence-electron chi connectivity index (χ4n) is 2.10. The number of amides is 1. The summed E-state index contributed by atoms with van der Waals surface area (Å²) in [6, 6.07) is 3.99. The highest BCUT2D eigenvalue weighted by Crippen LogP contribution is 2.24. The van der Waals surface area contributed by atoms with Crippen LogP contribution in [0.4, 0.5) is 4.79 Å². The Hall–Kier alpha value is -1.84. The van der Waals surface area contributed by atoms with Crippen LogP contribution < -0.4 is 0 Å². The molecule has 1 N–H and O–H groups in total. The number of carbonyl (C=O) groups is 1. The first-order chi connectivity index (χ1) is 8.22. The third kappa shape index (κ3) is 2.46. The summed E-state index contributed by atoms with van der Waals surface area (Å²) in [5.41, 5.74) is 3.47. The Morgan fingerprint density at radius 1 is 1.59 bits per heavy atom. The van der Waals surface area contributed by atoms with E-state index in [1.807, 2.05) is 12.1 Å². The molecular weight excluding hydrogens is 216 g/mol. The molecule has 0 aliphatic carbocycles. The minimum Gasteiger partial charge on any atom is -0.465 e. The lowest BCUT2D eigenvalue weighted by Crippen LogP contribution is -2.33. The standard InChI is InChI=1S/C13H16N2O2/c1-2-12-11(4-3-7-14-12)10-5-8-15(9-6-10)13(16)17/h3-5,7H,2,6,8-9H2,1H3,(H,16,17). The van der Waals surface area contributed by atoms with Crippen LogP contribution in [0, 0.1) is 0 Å². The third-order valence-corrected chi connectivity index (χ3v) is 3.05. The smallest absolute Gasteiger partial charge is 0.407 e. The van der Waals surface area contributed by atoms with E-state index >= 15 is 0 Å². The molecule has 0 saturated heterocycles. The van der Waals surface area contributed by atoms with Crippen LogP contribution in [0.3, 0.4) is 0 Å². The van der Waals surface area contributed by atoms with Crippen LogP contribution in [0.15, 0.2) is 24.4 Å². The summed E-state index contributed by atoms with van der Waals surface area (Å²) in [4.78, 5) is 16.6. The van der Waals surface area contributed by atoms with E-state index in [1.165, 1.54) is 16.0 Å². The van der Waals surface area contributed by atoms with Crippen LogP contribution in [-0.2, 0) is 6.42 Å². The SMILES string of the molecule is CCc1ncccc1C1=CCN(C(=O)O)CC1. The molecule has 1 aromatic heterocycles. The second kappa shape index (κ2) is 4.99. The van der Waals surface area contributed by atoms with Gasteiger partial charge in [-0.25, -0.2) is 4.79 Å². The minimum absolute atomic E-state index is 0.475. The fourth-order valence-corrected chi connectivity index (χ4v) is 2.10. The zero-order valence-corrected chi connectivity index (χ0v) is 9.89. The van der Waals surface area contributed by atoms with Crippen molar-refractivity contribution in [2.24, 2.45) is 0 Å². The summed E-state index contributed by atoms with van der Waals surface area (Å²) in [5, 5.41) is 8.88. The number of carboxylic acid groups (broad SMARTS) is 1. The number of aryl methyl sites for hydroxylation is 1. The van der Waals surface area contributed by atoms with Crippen LogP contribution in [0.25, 0.3) is 5.57 Å². The quantitative estimate of drug-likeness (QED) is 0.851. The molecule has 0 bridgehead atoms. The van der Waals surface area contributed by atoms with Crippen molar-refractivity contribution < 1.29 is 9.90 Å². The maximum absolute atomic E-state index is 10.8. The molecule has 90 valence electrons. The Balaban J connectivity index is 2.22. The highest BCUT2D eigenvalue weighted by atomic mass is 16.4. The maximum atomic E-state index is 10.8. The monoisotopic (exact) mass is 232 g/mol. The summed E-state index contributed by atoms with van der Waals surface area (Å²) in [6.07, 6.45) is 4.62. The molecule has 4 nitrogen and oxygen atoms in total. The summed E-state index contributed by atoms with van der Waals surface area (Å²) in [7, 11) is 0. The van der Waals surface area contributed by atoms with Gasteiger partial charge in [-0.2, -0.15) is 0 Å². The number of nitrogens with zero attached hydrogens (tertiary/aromatic N) is 2. The molecule has 0 radical (unpaired) electrons. The van der Waals surface area contributed by atoms with E-state index in [2.05, 4.69) is 18.0 Å². The molecule has 0 fully saturated rings. The van der Waals surface area contributed by atoms with Crippen molar-refractivity contribution in [3.63, 3.8) is 0 Å². The highest BCUT2D eigenvalue weighted by molar-refractivity contribution is 5.72. The van der Waals surface area contributed by atoms with Gasteiger partial charge in [0.1, 0.15) is 0 Å². The molecule has 0 aromatic carbocycles. The average Bonchev–Trinajstić information content (AvgIpc) is 2.39. The molecule has 0 unspecified atom stereocenters. The predicted octanol–water partition coefficient (Wildman–Crippen LogP) is 2.41. The van der Waals surface area contributed by atoms with Crippen molar-refractivity contribution in [1.82, 2.24) is 9.88 Å². The molecule has 4 heteroatoms. The first-order valence-electron chi connectivity index (χ1n) is 5.83. The molecule has 17 heavy (non-hydrogen) atoms. The van der Waals surface area contributed by atoms with Gasteiger partial charge in [-0.05, 0) is 30.0 Å². The van der Waals surface area contributed by atoms with E-state index in [0.29, 0.717) is 13.1 Å². The van der Waals surface area contributed by atoms with Crippen LogP contribution >= 0.6 is 0 Å². The van der Waals surface area contributed by atoms with Gasteiger partial charge in [-0.3, -0.25) is 4.98 Å². The number of rotatable bonds is 2. The Morgan fingerprint density at radius 2 is 2.41 bits per heavy atom. The molecule has 1 aromatic rings. The number of aromatic nitrogens is 1. The highest BCUT2D eigenvalue weighted by Gasteiger charge is 2.17. The van der Waals surface area contributed by atoms with Crippen molar-refractivity contribution in [2.45, 2.75) is 19.8 Å². The molecule has 0 saturated carbocycles. The molecule has 1 aliphatic heterocycles. The van der Waals surface area contributed by atoms with E-state index in [-0.39, 0.29) is 0 Å². The molecule has 0 atom stereocenters. The Kier molecular flexibility index (Phi) is 3.42. The number of pyridine rings is 1. The van der Waals surface area contributed by atoms with Crippen LogP contribution in [0.1, 0.15) is 24.6 Å². The first kappa shape index (κ1) is 11.6. The minimum atomic E-state index is -0.845. The predicted molar refractivity (Wildman–Crippen MR) is 65.8 cm³/mol. The van der Waals surface area contributed by atoms with Gasteiger partial charge in [0.05, 0.1) is 0 Å². The van der Waals surface area contributed by atoms with E-state index in [9.17, 15) is 4.79 Å². The molecule has 2 heterocycles. The molecule has 0 spiro atoms. The lowest BCUT2D eigenvalue weighted by atomic mass is 9.97. The third-order valence-electron chi connectivity index (χ3n) is 3.05. The van der Waals surface area contributed by atoms with Crippen molar-refractivity contribution in [2.75, 3.05) is 13.1 Å². The maximum Gasteiger partial charge on any atom is 0.407 e. The largest absolute Gasteiger partial charge is 0.465 e. The van der Waals surface area contributed by atoms with Gasteiger partial charge in [0.25, 0.3) is 0 Å². The summed E-state index contributed by atoms with van der Waals surface area (Å²) in [5.74, 6) is 0. The molecule has 2 rings (SSSR count). The molecule has 1 aliphatic rings. The zero-order chi connectivity index (χ0) is 12.3. The normalized spacial score (nSPS) is 15.6. The lowest BCUT2D eigenvalue weighted by Gasteiger charge is -2.24. The van der Waals surface area contributed by atoms with Gasteiger partial charge in [0.2, 0.25) is 0 Å². The number of hydrogen-bond donors (Lipinski definition) is 1. The van der Waals surface area contributed by atoms with Crippen LogP contribution in [-0.4, -0.2) is 34.2 Å². The van der Waals surface area contributed by atoms with Crippen molar-refractivity contribution in [3.8, 4) is 0 Å². The fraction of sp³-hybridized carbons (Fsp3) is 0.385. The van der Waals surface area contributed by atoms with Gasteiger partial charge in [0, 0.05) is 25.0 Å². The van der Waals surface area contributed by atoms with Gasteiger partial charge in [-0.15, -0.1) is 0 Å². The van der Waals surface area contributed by atoms with Gasteiger partial charge >= 0.3 is 6.09 Å². The van der Waals surface area contributed by atoms with Crippen molar-refractivity contribution >= 4 is 11.7 Å². The molecular formula is C13H16N2O2. The lowest BCUT2D eigenvalue weighted by molar-refractivity contribution is 0.150. The Morgan fingerprint density at radius 3 is 3.00 bits per heavy atom. The van der Waals surface area contributed by atoms with Crippen LogP contribution in [0.2, 0.25) is 0 Å². The summed E-state index contributed by atoms with van der Waals surface area (Å²) < 4.78 is 0. The van der Waals surface area contributed by atoms with Crippen molar-refractivity contribution in [1.29, 1.82) is 0 Å². The van der Waals surface area contributed by atoms with Gasteiger partial charge in [0.15, 0.2) is 0 Å². The Bertz CT molecular complexity index is 454. The van der Waals surface area contributed by atoms with Gasteiger partial charge < -0.3 is 10.0 Å². The van der Waals surface area contributed by atoms with E-state index in [0.717, 1.165) is 18.5 Å². The second-order valence-electron chi connectivity index (χ2n) is 4.06. The van der Waals surface area contributed by atoms with E-state index in [1.54, 1.807) is 6.20 Å². The van der Waals surface area contributed by atoms with Crippen LogP contribution in [0.5, 0.6) is 0 Å². The zero-order valence-electron chi connectivity index (χ0n) is 9.89. The summed E-state index contributed by atoms with van der Waals surface area (Å²) >= 11 is 0. The van der Waals surface area contributed by atoms with Gasteiger partial charge in [-0.1, -0.05) is 19.1 Å². The van der Waals surface area contributed by atoms with E-state index < -0.39 is 6.09 Å². The second-order valence-corrected chi connectivity index (χ2v) is 4.06. The Labute approximate surface area is 101 Å². The first-order valence-corrected chi connectivity index (χ1v) is 5.83.